The number of nitrogens with zero attached hydrogens (tertiary/aromatic N) is 2. The lowest BCUT2D eigenvalue weighted by Gasteiger charge is -2.40. The summed E-state index contributed by atoms with van der Waals surface area (Å²) in [6, 6.07) is 0.962. The van der Waals surface area contributed by atoms with Gasteiger partial charge in [-0.1, -0.05) is 6.92 Å². The molecule has 0 radical (unpaired) electrons. The number of likely N-dealkylation sites (tertiary alicyclic amines) is 1. The summed E-state index contributed by atoms with van der Waals surface area (Å²) in [5.74, 6) is 0.667. The van der Waals surface area contributed by atoms with Gasteiger partial charge < -0.3 is 10.5 Å². The van der Waals surface area contributed by atoms with Crippen LogP contribution in [-0.2, 0) is 4.74 Å². The number of piperidine rings is 1. The first kappa shape index (κ1) is 14.3. The molecule has 2 aliphatic heterocycles. The van der Waals surface area contributed by atoms with Crippen molar-refractivity contribution in [3.8, 4) is 0 Å². The fourth-order valence-electron chi connectivity index (χ4n) is 2.95. The molecule has 0 amide bonds. The molecule has 0 aromatic rings. The van der Waals surface area contributed by atoms with Gasteiger partial charge >= 0.3 is 0 Å². The van der Waals surface area contributed by atoms with E-state index in [0.29, 0.717) is 24.1 Å². The molecule has 106 valence electrons. The third kappa shape index (κ3) is 3.67. The maximum atomic E-state index is 6.16. The van der Waals surface area contributed by atoms with Crippen LogP contribution in [0.4, 0.5) is 0 Å². The highest BCUT2D eigenvalue weighted by Gasteiger charge is 2.28. The van der Waals surface area contributed by atoms with E-state index >= 15 is 0 Å². The number of hydrogen-bond donors (Lipinski definition) is 1. The predicted octanol–water partition coefficient (Wildman–Crippen LogP) is 0.765. The number of hydrogen-bond acceptors (Lipinski definition) is 4. The van der Waals surface area contributed by atoms with Gasteiger partial charge in [-0.05, 0) is 32.7 Å². The molecule has 0 spiro atoms. The van der Waals surface area contributed by atoms with E-state index in [2.05, 4.69) is 30.6 Å². The highest BCUT2D eigenvalue weighted by atomic mass is 16.5. The number of ether oxygens (including phenoxy) is 1. The first-order valence-corrected chi connectivity index (χ1v) is 7.40. The SMILES string of the molecule is CC1CCN(CC2CN(C(C)C)CCO2)CC1N. The van der Waals surface area contributed by atoms with E-state index in [-0.39, 0.29) is 0 Å². The zero-order chi connectivity index (χ0) is 13.1. The second kappa shape index (κ2) is 6.33. The van der Waals surface area contributed by atoms with Gasteiger partial charge in [0, 0.05) is 38.3 Å². The van der Waals surface area contributed by atoms with Crippen molar-refractivity contribution in [2.45, 2.75) is 45.4 Å². The van der Waals surface area contributed by atoms with Crippen LogP contribution in [0.15, 0.2) is 0 Å². The van der Waals surface area contributed by atoms with Crippen molar-refractivity contribution in [2.24, 2.45) is 11.7 Å². The molecule has 2 aliphatic rings. The minimum atomic E-state index is 0.337. The second-order valence-electron chi connectivity index (χ2n) is 6.27. The smallest absolute Gasteiger partial charge is 0.0829 e. The first-order valence-electron chi connectivity index (χ1n) is 7.40. The third-order valence-electron chi connectivity index (χ3n) is 4.46. The van der Waals surface area contributed by atoms with E-state index in [1.54, 1.807) is 0 Å². The Morgan fingerprint density at radius 3 is 2.72 bits per heavy atom. The van der Waals surface area contributed by atoms with E-state index in [0.717, 1.165) is 32.8 Å². The van der Waals surface area contributed by atoms with Crippen LogP contribution in [-0.4, -0.2) is 67.3 Å². The lowest BCUT2D eigenvalue weighted by molar-refractivity contribution is -0.0558. The number of nitrogens with two attached hydrogens (primary N) is 1. The molecule has 4 nitrogen and oxygen atoms in total. The Hall–Kier alpha value is -0.160. The maximum Gasteiger partial charge on any atom is 0.0829 e. The molecular weight excluding hydrogens is 226 g/mol. The summed E-state index contributed by atoms with van der Waals surface area (Å²) in [6.07, 6.45) is 1.59. The van der Waals surface area contributed by atoms with Gasteiger partial charge in [-0.2, -0.15) is 0 Å². The summed E-state index contributed by atoms with van der Waals surface area (Å²) in [6.45, 7) is 13.1. The van der Waals surface area contributed by atoms with Crippen molar-refractivity contribution in [1.29, 1.82) is 0 Å². The molecule has 3 unspecified atom stereocenters. The molecule has 0 aromatic carbocycles. The predicted molar refractivity (Wildman–Crippen MR) is 74.6 cm³/mol. The molecule has 2 saturated heterocycles. The van der Waals surface area contributed by atoms with Crippen LogP contribution < -0.4 is 5.73 Å². The Morgan fingerprint density at radius 2 is 2.06 bits per heavy atom. The van der Waals surface area contributed by atoms with E-state index < -0.39 is 0 Å². The molecule has 2 N–H and O–H groups in total. The summed E-state index contributed by atoms with van der Waals surface area (Å²) < 4.78 is 5.90. The van der Waals surface area contributed by atoms with Crippen LogP contribution in [0.3, 0.4) is 0 Å². The molecule has 18 heavy (non-hydrogen) atoms. The lowest BCUT2D eigenvalue weighted by atomic mass is 9.94. The monoisotopic (exact) mass is 255 g/mol. The standard InChI is InChI=1S/C14H29N3O/c1-11(2)17-6-7-18-13(9-17)8-16-5-4-12(3)14(15)10-16/h11-14H,4-10,15H2,1-3H3. The van der Waals surface area contributed by atoms with Crippen molar-refractivity contribution in [3.05, 3.63) is 0 Å². The van der Waals surface area contributed by atoms with Crippen LogP contribution in [0.1, 0.15) is 27.2 Å². The normalized spacial score (nSPS) is 36.2. The number of rotatable bonds is 3. The summed E-state index contributed by atoms with van der Waals surface area (Å²) in [5.41, 5.74) is 6.16. The molecule has 2 heterocycles. The van der Waals surface area contributed by atoms with Crippen LogP contribution in [0, 0.1) is 5.92 Å². The van der Waals surface area contributed by atoms with Gasteiger partial charge in [-0.25, -0.2) is 0 Å². The maximum absolute atomic E-state index is 6.16. The van der Waals surface area contributed by atoms with Crippen molar-refractivity contribution >= 4 is 0 Å². The fraction of sp³-hybridized carbons (Fsp3) is 1.00. The van der Waals surface area contributed by atoms with Crippen molar-refractivity contribution in [2.75, 3.05) is 39.3 Å². The Morgan fingerprint density at radius 1 is 1.28 bits per heavy atom. The number of morpholine rings is 1. The molecule has 3 atom stereocenters. The van der Waals surface area contributed by atoms with E-state index in [4.69, 9.17) is 10.5 Å². The second-order valence-corrected chi connectivity index (χ2v) is 6.27. The first-order chi connectivity index (χ1) is 8.56. The Balaban J connectivity index is 1.79. The van der Waals surface area contributed by atoms with Gasteiger partial charge in [0.1, 0.15) is 0 Å². The molecule has 4 heteroatoms. The van der Waals surface area contributed by atoms with E-state index in [1.165, 1.54) is 13.0 Å². The quantitative estimate of drug-likeness (QED) is 0.808. The van der Waals surface area contributed by atoms with Crippen LogP contribution >= 0.6 is 0 Å². The summed E-state index contributed by atoms with van der Waals surface area (Å²) in [5, 5.41) is 0. The summed E-state index contributed by atoms with van der Waals surface area (Å²) in [4.78, 5) is 5.00. The highest BCUT2D eigenvalue weighted by molar-refractivity contribution is 4.84. The molecule has 0 saturated carbocycles. The van der Waals surface area contributed by atoms with Gasteiger partial charge in [0.25, 0.3) is 0 Å². The van der Waals surface area contributed by atoms with Gasteiger partial charge in [0.05, 0.1) is 12.7 Å². The third-order valence-corrected chi connectivity index (χ3v) is 4.46. The largest absolute Gasteiger partial charge is 0.374 e. The zero-order valence-electron chi connectivity index (χ0n) is 12.1. The highest BCUT2D eigenvalue weighted by Crippen LogP contribution is 2.17. The van der Waals surface area contributed by atoms with Gasteiger partial charge in [0.2, 0.25) is 0 Å². The topological polar surface area (TPSA) is 41.7 Å². The van der Waals surface area contributed by atoms with Crippen molar-refractivity contribution in [3.63, 3.8) is 0 Å². The van der Waals surface area contributed by atoms with Crippen LogP contribution in [0.5, 0.6) is 0 Å². The Kier molecular flexibility index (Phi) is 5.01. The molecule has 2 fully saturated rings. The van der Waals surface area contributed by atoms with E-state index in [9.17, 15) is 0 Å². The van der Waals surface area contributed by atoms with E-state index in [1.807, 2.05) is 0 Å². The molecule has 0 bridgehead atoms. The fourth-order valence-corrected chi connectivity index (χ4v) is 2.95. The van der Waals surface area contributed by atoms with Gasteiger partial charge in [-0.15, -0.1) is 0 Å². The minimum Gasteiger partial charge on any atom is -0.374 e. The Bertz CT molecular complexity index is 259. The summed E-state index contributed by atoms with van der Waals surface area (Å²) in [7, 11) is 0. The minimum absolute atomic E-state index is 0.337. The van der Waals surface area contributed by atoms with Gasteiger partial charge in [-0.3, -0.25) is 9.80 Å². The van der Waals surface area contributed by atoms with Crippen LogP contribution in [0.25, 0.3) is 0 Å². The molecule has 0 aliphatic carbocycles. The van der Waals surface area contributed by atoms with Crippen molar-refractivity contribution < 1.29 is 4.74 Å². The average molecular weight is 255 g/mol. The lowest BCUT2D eigenvalue weighted by Crippen LogP contribution is -2.54. The zero-order valence-corrected chi connectivity index (χ0v) is 12.1. The summed E-state index contributed by atoms with van der Waals surface area (Å²) >= 11 is 0. The molecule has 0 aromatic heterocycles. The molecular formula is C14H29N3O. The van der Waals surface area contributed by atoms with Crippen molar-refractivity contribution in [1.82, 2.24) is 9.80 Å². The van der Waals surface area contributed by atoms with Crippen LogP contribution in [0.2, 0.25) is 0 Å². The van der Waals surface area contributed by atoms with Gasteiger partial charge in [0.15, 0.2) is 0 Å². The molecule has 2 rings (SSSR count). The Labute approximate surface area is 111 Å². The average Bonchev–Trinajstić information content (AvgIpc) is 2.34.